The number of carboxylic acids is 1. The number of benzene rings is 2. The first kappa shape index (κ1) is 17.8. The molecule has 0 aliphatic heterocycles. The number of ether oxygens (including phenoxy) is 2. The second-order valence-corrected chi connectivity index (χ2v) is 5.65. The van der Waals surface area contributed by atoms with E-state index in [1.807, 2.05) is 6.92 Å². The fraction of sp³-hybridized carbons (Fsp3) is 0.176. The lowest BCUT2D eigenvalue weighted by molar-refractivity contribution is -0.139. The molecule has 7 heteroatoms. The molecule has 0 unspecified atom stereocenters. The van der Waals surface area contributed by atoms with Gasteiger partial charge in [-0.3, -0.25) is 4.79 Å². The molecular weight excluding hydrogens is 378 g/mol. The number of hydrogen-bond acceptors (Lipinski definition) is 4. The van der Waals surface area contributed by atoms with E-state index >= 15 is 0 Å². The lowest BCUT2D eigenvalue weighted by Gasteiger charge is -2.11. The Balaban J connectivity index is 2.09. The predicted molar refractivity (Wildman–Crippen MR) is 92.8 cm³/mol. The van der Waals surface area contributed by atoms with Crippen LogP contribution in [0.4, 0.5) is 5.69 Å². The van der Waals surface area contributed by atoms with Gasteiger partial charge in [0.15, 0.2) is 6.61 Å². The Bertz CT molecular complexity index is 730. The largest absolute Gasteiger partial charge is 0.493 e. The van der Waals surface area contributed by atoms with Crippen LogP contribution in [0.5, 0.6) is 11.5 Å². The number of nitrogens with one attached hydrogen (secondary N) is 1. The Morgan fingerprint density at radius 3 is 2.46 bits per heavy atom. The summed E-state index contributed by atoms with van der Waals surface area (Å²) in [7, 11) is 0. The van der Waals surface area contributed by atoms with Gasteiger partial charge in [0.1, 0.15) is 11.5 Å². The first-order valence-electron chi connectivity index (χ1n) is 7.18. The highest BCUT2D eigenvalue weighted by molar-refractivity contribution is 9.10. The number of rotatable bonds is 7. The quantitative estimate of drug-likeness (QED) is 0.750. The summed E-state index contributed by atoms with van der Waals surface area (Å²) in [6.07, 6.45) is 0. The number of aliphatic carboxylic acids is 1. The molecule has 2 aromatic carbocycles. The zero-order chi connectivity index (χ0) is 17.5. The minimum absolute atomic E-state index is 0.307. The predicted octanol–water partition coefficient (Wildman–Crippen LogP) is 3.56. The molecule has 0 saturated heterocycles. The molecule has 0 aromatic heterocycles. The highest BCUT2D eigenvalue weighted by atomic mass is 79.9. The molecule has 126 valence electrons. The van der Waals surface area contributed by atoms with Crippen LogP contribution in [0.3, 0.4) is 0 Å². The molecule has 0 bridgehead atoms. The number of carboxylic acid groups (broad SMARTS) is 1. The van der Waals surface area contributed by atoms with Gasteiger partial charge in [-0.25, -0.2) is 4.79 Å². The third-order valence-electron chi connectivity index (χ3n) is 2.96. The zero-order valence-corrected chi connectivity index (χ0v) is 14.5. The van der Waals surface area contributed by atoms with Gasteiger partial charge in [0.05, 0.1) is 12.2 Å². The lowest BCUT2D eigenvalue weighted by Crippen LogP contribution is -2.14. The van der Waals surface area contributed by atoms with Gasteiger partial charge >= 0.3 is 5.97 Å². The molecule has 0 radical (unpaired) electrons. The molecule has 0 aliphatic rings. The first-order valence-corrected chi connectivity index (χ1v) is 7.97. The van der Waals surface area contributed by atoms with Crippen molar-refractivity contribution in [2.24, 2.45) is 0 Å². The maximum atomic E-state index is 12.4. The summed E-state index contributed by atoms with van der Waals surface area (Å²) >= 11 is 3.34. The summed E-state index contributed by atoms with van der Waals surface area (Å²) in [6, 6.07) is 11.7. The molecule has 2 rings (SSSR count). The van der Waals surface area contributed by atoms with Crippen LogP contribution in [-0.2, 0) is 4.79 Å². The van der Waals surface area contributed by atoms with E-state index in [1.54, 1.807) is 42.5 Å². The van der Waals surface area contributed by atoms with Crippen molar-refractivity contribution in [2.75, 3.05) is 18.5 Å². The fourth-order valence-electron chi connectivity index (χ4n) is 1.94. The van der Waals surface area contributed by atoms with Gasteiger partial charge in [-0.15, -0.1) is 0 Å². The third kappa shape index (κ3) is 4.99. The lowest BCUT2D eigenvalue weighted by atomic mass is 10.2. The normalized spacial score (nSPS) is 10.1. The Morgan fingerprint density at radius 2 is 1.83 bits per heavy atom. The van der Waals surface area contributed by atoms with Gasteiger partial charge in [0, 0.05) is 10.2 Å². The van der Waals surface area contributed by atoms with Crippen LogP contribution in [0.15, 0.2) is 46.9 Å². The molecule has 0 atom stereocenters. The molecule has 0 heterocycles. The van der Waals surface area contributed by atoms with Crippen molar-refractivity contribution >= 4 is 33.5 Å². The van der Waals surface area contributed by atoms with E-state index in [0.717, 1.165) is 4.47 Å². The summed E-state index contributed by atoms with van der Waals surface area (Å²) in [4.78, 5) is 22.9. The zero-order valence-electron chi connectivity index (χ0n) is 12.9. The van der Waals surface area contributed by atoms with Crippen LogP contribution in [0.1, 0.15) is 17.3 Å². The monoisotopic (exact) mass is 393 g/mol. The van der Waals surface area contributed by atoms with Crippen molar-refractivity contribution in [1.82, 2.24) is 0 Å². The molecule has 6 nitrogen and oxygen atoms in total. The number of carbonyl (C=O) groups excluding carboxylic acids is 1. The number of anilines is 1. The van der Waals surface area contributed by atoms with Crippen LogP contribution in [-0.4, -0.2) is 30.2 Å². The highest BCUT2D eigenvalue weighted by Crippen LogP contribution is 2.25. The maximum Gasteiger partial charge on any atom is 0.341 e. The summed E-state index contributed by atoms with van der Waals surface area (Å²) in [6.45, 7) is 1.89. The summed E-state index contributed by atoms with van der Waals surface area (Å²) in [5, 5.41) is 11.3. The van der Waals surface area contributed by atoms with Crippen molar-refractivity contribution in [3.05, 3.63) is 52.5 Å². The van der Waals surface area contributed by atoms with E-state index in [0.29, 0.717) is 29.4 Å². The van der Waals surface area contributed by atoms with E-state index in [4.69, 9.17) is 14.6 Å². The fourth-order valence-corrected chi connectivity index (χ4v) is 2.30. The molecule has 0 fully saturated rings. The van der Waals surface area contributed by atoms with Crippen molar-refractivity contribution < 1.29 is 24.2 Å². The van der Waals surface area contributed by atoms with E-state index in [2.05, 4.69) is 21.2 Å². The van der Waals surface area contributed by atoms with Crippen LogP contribution < -0.4 is 14.8 Å². The van der Waals surface area contributed by atoms with Gasteiger partial charge in [-0.2, -0.15) is 0 Å². The minimum atomic E-state index is -1.05. The van der Waals surface area contributed by atoms with Gasteiger partial charge < -0.3 is 19.9 Å². The van der Waals surface area contributed by atoms with Gasteiger partial charge in [-0.05, 0) is 49.4 Å². The third-order valence-corrected chi connectivity index (χ3v) is 3.45. The minimum Gasteiger partial charge on any atom is -0.493 e. The molecular formula is C17H16BrNO5. The standard InChI is InChI=1S/C17H16BrNO5/c1-2-23-15-8-3-11(18)9-14(15)17(22)19-12-4-6-13(7-5-12)24-10-16(20)21/h3-9H,2,10H2,1H3,(H,19,22)(H,20,21). The number of halogens is 1. The maximum absolute atomic E-state index is 12.4. The van der Waals surface area contributed by atoms with Gasteiger partial charge in [-0.1, -0.05) is 15.9 Å². The first-order chi connectivity index (χ1) is 11.5. The Hall–Kier alpha value is -2.54. The van der Waals surface area contributed by atoms with Crippen molar-refractivity contribution in [1.29, 1.82) is 0 Å². The van der Waals surface area contributed by atoms with Crippen LogP contribution in [0.2, 0.25) is 0 Å². The smallest absolute Gasteiger partial charge is 0.341 e. The molecule has 2 aromatic rings. The van der Waals surface area contributed by atoms with Gasteiger partial charge in [0.2, 0.25) is 0 Å². The molecule has 0 saturated carbocycles. The average molecular weight is 394 g/mol. The van der Waals surface area contributed by atoms with Crippen LogP contribution >= 0.6 is 15.9 Å². The molecule has 24 heavy (non-hydrogen) atoms. The average Bonchev–Trinajstić information content (AvgIpc) is 2.56. The summed E-state index contributed by atoms with van der Waals surface area (Å²) < 4.78 is 11.3. The van der Waals surface area contributed by atoms with Crippen molar-refractivity contribution in [3.63, 3.8) is 0 Å². The summed E-state index contributed by atoms with van der Waals surface area (Å²) in [5.74, 6) is -0.447. The molecule has 2 N–H and O–H groups in total. The number of amides is 1. The van der Waals surface area contributed by atoms with E-state index in [-0.39, 0.29) is 5.91 Å². The Kier molecular flexibility index (Phi) is 6.20. The Morgan fingerprint density at radius 1 is 1.12 bits per heavy atom. The molecule has 0 aliphatic carbocycles. The van der Waals surface area contributed by atoms with E-state index in [9.17, 15) is 9.59 Å². The second kappa shape index (κ2) is 8.35. The topological polar surface area (TPSA) is 84.9 Å². The molecule has 1 amide bonds. The molecule has 0 spiro atoms. The summed E-state index contributed by atoms with van der Waals surface area (Å²) in [5.41, 5.74) is 0.975. The van der Waals surface area contributed by atoms with E-state index in [1.165, 1.54) is 0 Å². The number of hydrogen-bond donors (Lipinski definition) is 2. The van der Waals surface area contributed by atoms with Gasteiger partial charge in [0.25, 0.3) is 5.91 Å². The SMILES string of the molecule is CCOc1ccc(Br)cc1C(=O)Nc1ccc(OCC(=O)O)cc1. The number of carbonyl (C=O) groups is 2. The Labute approximate surface area is 147 Å². The van der Waals surface area contributed by atoms with Crippen LogP contribution in [0.25, 0.3) is 0 Å². The van der Waals surface area contributed by atoms with Crippen LogP contribution in [0, 0.1) is 0 Å². The highest BCUT2D eigenvalue weighted by Gasteiger charge is 2.13. The second-order valence-electron chi connectivity index (χ2n) is 4.73. The van der Waals surface area contributed by atoms with Crippen molar-refractivity contribution in [2.45, 2.75) is 6.92 Å². The van der Waals surface area contributed by atoms with E-state index < -0.39 is 12.6 Å². The van der Waals surface area contributed by atoms with Crippen molar-refractivity contribution in [3.8, 4) is 11.5 Å².